The second kappa shape index (κ2) is 9.20. The molecule has 144 valence electrons. The van der Waals surface area contributed by atoms with E-state index in [1.165, 1.54) is 16.4 Å². The summed E-state index contributed by atoms with van der Waals surface area (Å²) in [5, 5.41) is 2.95. The molecule has 0 radical (unpaired) electrons. The molecule has 0 bridgehead atoms. The molecule has 1 heterocycles. The quantitative estimate of drug-likeness (QED) is 0.662. The van der Waals surface area contributed by atoms with E-state index < -0.39 is 16.1 Å². The van der Waals surface area contributed by atoms with Crippen molar-refractivity contribution >= 4 is 33.6 Å². The number of halogens is 1. The van der Waals surface area contributed by atoms with Crippen LogP contribution in [0.3, 0.4) is 0 Å². The minimum atomic E-state index is -3.58. The van der Waals surface area contributed by atoms with Gasteiger partial charge >= 0.3 is 6.03 Å². The lowest BCUT2D eigenvalue weighted by Gasteiger charge is -2.34. The van der Waals surface area contributed by atoms with Crippen LogP contribution < -0.4 is 11.1 Å². The Labute approximate surface area is 158 Å². The fourth-order valence-corrected chi connectivity index (χ4v) is 4.25. The Morgan fingerprint density at radius 3 is 2.27 bits per heavy atom. The molecular weight excluding hydrogens is 380 g/mol. The van der Waals surface area contributed by atoms with Gasteiger partial charge in [0.05, 0.1) is 4.90 Å². The molecule has 0 spiro atoms. The normalized spacial score (nSPS) is 15.7. The van der Waals surface area contributed by atoms with Crippen LogP contribution in [0.15, 0.2) is 29.2 Å². The number of urea groups is 1. The largest absolute Gasteiger partial charge is 0.352 e. The van der Waals surface area contributed by atoms with Crippen molar-refractivity contribution in [2.45, 2.75) is 24.2 Å². The number of piperazine rings is 1. The van der Waals surface area contributed by atoms with Crippen LogP contribution in [-0.4, -0.2) is 62.3 Å². The maximum Gasteiger partial charge on any atom is 0.312 e. The van der Waals surface area contributed by atoms with Crippen molar-refractivity contribution in [3.63, 3.8) is 0 Å². The zero-order chi connectivity index (χ0) is 19.2. The third-order valence-corrected chi connectivity index (χ3v) is 6.32. The molecule has 3 amide bonds. The zero-order valence-electron chi connectivity index (χ0n) is 14.4. The number of carbonyl (C=O) groups is 2. The summed E-state index contributed by atoms with van der Waals surface area (Å²) < 4.78 is 26.6. The molecule has 0 atom stereocenters. The number of benzene rings is 1. The number of nitrogens with zero attached hydrogens (tertiary/aromatic N) is 2. The Bertz CT molecular complexity index is 731. The molecule has 10 heteroatoms. The molecule has 1 aliphatic heterocycles. The minimum absolute atomic E-state index is 0.00684. The third-order valence-electron chi connectivity index (χ3n) is 4.16. The highest BCUT2D eigenvalue weighted by Gasteiger charge is 2.29. The molecule has 1 fully saturated rings. The van der Waals surface area contributed by atoms with Crippen LogP contribution in [-0.2, 0) is 14.8 Å². The lowest BCUT2D eigenvalue weighted by atomic mass is 10.2. The van der Waals surface area contributed by atoms with E-state index >= 15 is 0 Å². The first kappa shape index (κ1) is 20.5. The molecule has 0 saturated carbocycles. The van der Waals surface area contributed by atoms with E-state index in [0.717, 1.165) is 0 Å². The van der Waals surface area contributed by atoms with Crippen molar-refractivity contribution in [2.75, 3.05) is 32.7 Å². The van der Waals surface area contributed by atoms with Crippen LogP contribution in [0.5, 0.6) is 0 Å². The van der Waals surface area contributed by atoms with E-state index in [4.69, 9.17) is 17.3 Å². The van der Waals surface area contributed by atoms with Gasteiger partial charge in [-0.05, 0) is 37.1 Å². The van der Waals surface area contributed by atoms with E-state index in [2.05, 4.69) is 5.32 Å². The number of nitrogens with two attached hydrogens (primary N) is 1. The third kappa shape index (κ3) is 5.58. The van der Waals surface area contributed by atoms with Gasteiger partial charge < -0.3 is 16.0 Å². The molecule has 0 unspecified atom stereocenters. The standard InChI is InChI=1S/C16H23ClN4O4S/c17-13-4-6-14(7-5-13)26(24,25)21-11-9-20(10-12-21)15(22)3-1-2-8-19-16(18)23/h4-7H,1-3,8-12H2,(H3,18,19,23). The van der Waals surface area contributed by atoms with E-state index in [1.54, 1.807) is 17.0 Å². The van der Waals surface area contributed by atoms with E-state index in [0.29, 0.717) is 43.9 Å². The summed E-state index contributed by atoms with van der Waals surface area (Å²) in [5.41, 5.74) is 4.96. The fourth-order valence-electron chi connectivity index (χ4n) is 2.70. The lowest BCUT2D eigenvalue weighted by Crippen LogP contribution is -2.50. The predicted octanol–water partition coefficient (Wildman–Crippen LogP) is 1.01. The van der Waals surface area contributed by atoms with E-state index in [1.807, 2.05) is 0 Å². The first-order chi connectivity index (χ1) is 12.3. The molecule has 0 aromatic heterocycles. The number of primary amides is 1. The van der Waals surface area contributed by atoms with Crippen LogP contribution in [0, 0.1) is 0 Å². The van der Waals surface area contributed by atoms with Crippen LogP contribution in [0.2, 0.25) is 5.02 Å². The molecule has 0 aliphatic carbocycles. The summed E-state index contributed by atoms with van der Waals surface area (Å²) in [4.78, 5) is 24.6. The smallest absolute Gasteiger partial charge is 0.312 e. The first-order valence-corrected chi connectivity index (χ1v) is 10.2. The molecular formula is C16H23ClN4O4S. The molecule has 1 saturated heterocycles. The van der Waals surface area contributed by atoms with Crippen molar-refractivity contribution in [3.05, 3.63) is 29.3 Å². The number of unbranched alkanes of at least 4 members (excludes halogenated alkanes) is 1. The highest BCUT2D eigenvalue weighted by molar-refractivity contribution is 7.89. The molecule has 1 aliphatic rings. The Morgan fingerprint density at radius 1 is 1.08 bits per heavy atom. The number of amides is 3. The summed E-state index contributed by atoms with van der Waals surface area (Å²) in [5.74, 6) is -0.00684. The van der Waals surface area contributed by atoms with Crippen molar-refractivity contribution in [1.29, 1.82) is 0 Å². The van der Waals surface area contributed by atoms with Gasteiger partial charge in [-0.15, -0.1) is 0 Å². The number of hydrogen-bond donors (Lipinski definition) is 2. The number of nitrogens with one attached hydrogen (secondary N) is 1. The Morgan fingerprint density at radius 2 is 1.69 bits per heavy atom. The van der Waals surface area contributed by atoms with Gasteiger partial charge in [0, 0.05) is 44.2 Å². The first-order valence-electron chi connectivity index (χ1n) is 8.37. The van der Waals surface area contributed by atoms with Crippen LogP contribution in [0.4, 0.5) is 4.79 Å². The second-order valence-corrected chi connectivity index (χ2v) is 8.36. The lowest BCUT2D eigenvalue weighted by molar-refractivity contribution is -0.132. The summed E-state index contributed by atoms with van der Waals surface area (Å²) >= 11 is 5.80. The van der Waals surface area contributed by atoms with Gasteiger partial charge in [-0.2, -0.15) is 4.31 Å². The summed E-state index contributed by atoms with van der Waals surface area (Å²) in [7, 11) is -3.58. The molecule has 3 N–H and O–H groups in total. The van der Waals surface area contributed by atoms with Crippen molar-refractivity contribution in [1.82, 2.24) is 14.5 Å². The molecule has 1 aromatic carbocycles. The highest BCUT2D eigenvalue weighted by atomic mass is 35.5. The van der Waals surface area contributed by atoms with E-state index in [-0.39, 0.29) is 23.9 Å². The van der Waals surface area contributed by atoms with Crippen molar-refractivity contribution < 1.29 is 18.0 Å². The SMILES string of the molecule is NC(=O)NCCCCC(=O)N1CCN(S(=O)(=O)c2ccc(Cl)cc2)CC1. The van der Waals surface area contributed by atoms with Gasteiger partial charge in [-0.3, -0.25) is 4.79 Å². The van der Waals surface area contributed by atoms with Crippen molar-refractivity contribution in [2.24, 2.45) is 5.73 Å². The minimum Gasteiger partial charge on any atom is -0.352 e. The van der Waals surface area contributed by atoms with Gasteiger partial charge in [0.25, 0.3) is 0 Å². The average molecular weight is 403 g/mol. The monoisotopic (exact) mass is 402 g/mol. The van der Waals surface area contributed by atoms with Crippen LogP contribution >= 0.6 is 11.6 Å². The highest BCUT2D eigenvalue weighted by Crippen LogP contribution is 2.20. The second-order valence-electron chi connectivity index (χ2n) is 5.99. The Kier molecular flexibility index (Phi) is 7.24. The number of rotatable bonds is 7. The van der Waals surface area contributed by atoms with Gasteiger partial charge in [0.2, 0.25) is 15.9 Å². The topological polar surface area (TPSA) is 113 Å². The predicted molar refractivity (Wildman–Crippen MR) is 98.2 cm³/mol. The molecule has 26 heavy (non-hydrogen) atoms. The average Bonchev–Trinajstić information content (AvgIpc) is 2.61. The molecule has 2 rings (SSSR count). The van der Waals surface area contributed by atoms with Gasteiger partial charge in [0.15, 0.2) is 0 Å². The molecule has 8 nitrogen and oxygen atoms in total. The Hall–Kier alpha value is -1.84. The number of sulfonamides is 1. The van der Waals surface area contributed by atoms with Crippen LogP contribution in [0.25, 0.3) is 0 Å². The fraction of sp³-hybridized carbons (Fsp3) is 0.500. The summed E-state index contributed by atoms with van der Waals surface area (Å²) in [6.45, 7) is 1.70. The summed E-state index contributed by atoms with van der Waals surface area (Å²) in [6.07, 6.45) is 1.67. The van der Waals surface area contributed by atoms with Gasteiger partial charge in [0.1, 0.15) is 0 Å². The maximum absolute atomic E-state index is 12.6. The molecule has 1 aromatic rings. The summed E-state index contributed by atoms with van der Waals surface area (Å²) in [6, 6.07) is 5.47. The zero-order valence-corrected chi connectivity index (χ0v) is 15.9. The number of carbonyl (C=O) groups excluding carboxylic acids is 2. The van der Waals surface area contributed by atoms with Crippen LogP contribution in [0.1, 0.15) is 19.3 Å². The van der Waals surface area contributed by atoms with E-state index in [9.17, 15) is 18.0 Å². The van der Waals surface area contributed by atoms with Gasteiger partial charge in [-0.25, -0.2) is 13.2 Å². The Balaban J connectivity index is 1.80. The van der Waals surface area contributed by atoms with Crippen molar-refractivity contribution in [3.8, 4) is 0 Å². The number of hydrogen-bond acceptors (Lipinski definition) is 4. The maximum atomic E-state index is 12.6. The van der Waals surface area contributed by atoms with Gasteiger partial charge in [-0.1, -0.05) is 11.6 Å².